The number of amides is 1. The molecule has 2 aromatic rings. The van der Waals surface area contributed by atoms with E-state index in [4.69, 9.17) is 25.9 Å². The molecule has 65 heavy (non-hydrogen) atoms. The first kappa shape index (κ1) is 46.5. The number of aliphatic hydroxyl groups excluding tert-OH is 1. The number of nitrogens with two attached hydrogens (primary N) is 2. The molecule has 0 radical (unpaired) electrons. The van der Waals surface area contributed by atoms with Crippen molar-refractivity contribution < 1.29 is 29.3 Å². The zero-order valence-electron chi connectivity index (χ0n) is 38.5. The van der Waals surface area contributed by atoms with Crippen molar-refractivity contribution in [3.8, 4) is 11.5 Å². The number of guanidine groups is 1. The maximum Gasteiger partial charge on any atom is 0.303 e. The van der Waals surface area contributed by atoms with Crippen LogP contribution in [-0.4, -0.2) is 79.5 Å². The lowest BCUT2D eigenvalue weighted by atomic mass is 9.72. The molecule has 5 heterocycles. The second kappa shape index (κ2) is 19.5. The van der Waals surface area contributed by atoms with Gasteiger partial charge in [0.05, 0.1) is 6.10 Å². The number of aryl methyl sites for hydroxylation is 1. The summed E-state index contributed by atoms with van der Waals surface area (Å²) in [7, 11) is 3.96. The van der Waals surface area contributed by atoms with E-state index in [1.807, 2.05) is 44.7 Å². The van der Waals surface area contributed by atoms with E-state index in [1.165, 1.54) is 45.4 Å². The molecule has 4 saturated carbocycles. The molecular formula is C51H72N6O6S2. The average molecular weight is 929 g/mol. The number of phenols is 1. The molecule has 2 spiro atoms. The van der Waals surface area contributed by atoms with Crippen LogP contribution in [0.1, 0.15) is 158 Å². The minimum absolute atomic E-state index is 0.0214. The molecule has 14 heteroatoms. The quantitative estimate of drug-likeness (QED) is 0.146. The molecule has 1 amide bonds. The number of benzene rings is 1. The van der Waals surface area contributed by atoms with Gasteiger partial charge in [0.2, 0.25) is 5.91 Å². The molecule has 7 N–H and O–H groups in total. The predicted molar refractivity (Wildman–Crippen MR) is 260 cm³/mol. The van der Waals surface area contributed by atoms with Crippen molar-refractivity contribution in [1.29, 1.82) is 0 Å². The first-order chi connectivity index (χ1) is 31.4. The fraction of sp³-hybridized carbons (Fsp3) is 0.686. The highest BCUT2D eigenvalue weighted by molar-refractivity contribution is 8.77. The zero-order valence-corrected chi connectivity index (χ0v) is 40.1. The summed E-state index contributed by atoms with van der Waals surface area (Å²) in [6, 6.07) is 5.92. The van der Waals surface area contributed by atoms with Crippen molar-refractivity contribution in [2.45, 2.75) is 177 Å². The summed E-state index contributed by atoms with van der Waals surface area (Å²) in [5.41, 5.74) is 15.5. The summed E-state index contributed by atoms with van der Waals surface area (Å²) in [5, 5.41) is 27.7. The number of anilines is 1. The van der Waals surface area contributed by atoms with Crippen molar-refractivity contribution in [3.05, 3.63) is 52.7 Å². The number of hydrogen-bond acceptors (Lipinski definition) is 13. The Hall–Kier alpha value is -3.62. The van der Waals surface area contributed by atoms with E-state index in [0.29, 0.717) is 81.1 Å². The number of nitrogens with zero attached hydrogens (tertiary/aromatic N) is 3. The third kappa shape index (κ3) is 10.0. The number of carbonyl (C=O) groups excluding carboxylic acids is 2. The maximum atomic E-state index is 14.4. The molecule has 5 fully saturated rings. The normalized spacial score (nSPS) is 33.2. The van der Waals surface area contributed by atoms with Gasteiger partial charge in [0.1, 0.15) is 22.4 Å². The van der Waals surface area contributed by atoms with E-state index in [-0.39, 0.29) is 52.4 Å². The number of phenolic OH excluding ortho intramolecular Hbond substituents is 1. The SMILES string of the molecule is CC(=O)O[C@@]12CCc3cc(c(O)c4c3C=C[C@H]3CCC[C@H]3O4)CN3C[C@](Cc4ccnc(N)c4)(CCN=C(N)N[C@@]4(CCCC45CCCC5)SSCCCCC[C@H](CC1)[C@H](O)C2)CC3=O. The Morgan fingerprint density at radius 2 is 1.83 bits per heavy atom. The number of carbonyl (C=O) groups is 2. The number of aliphatic hydroxyl groups is 1. The van der Waals surface area contributed by atoms with Crippen LogP contribution in [0.25, 0.3) is 6.08 Å². The molecule has 4 aliphatic heterocycles. The smallest absolute Gasteiger partial charge is 0.303 e. The van der Waals surface area contributed by atoms with Crippen LogP contribution >= 0.6 is 21.6 Å². The van der Waals surface area contributed by atoms with Gasteiger partial charge >= 0.3 is 5.97 Å². The molecule has 10 rings (SSSR count). The molecule has 0 unspecified atom stereocenters. The Labute approximate surface area is 393 Å². The van der Waals surface area contributed by atoms with Crippen LogP contribution in [0, 0.1) is 22.7 Å². The molecule has 1 aromatic heterocycles. The summed E-state index contributed by atoms with van der Waals surface area (Å²) < 4.78 is 13.0. The lowest BCUT2D eigenvalue weighted by Gasteiger charge is -2.44. The van der Waals surface area contributed by atoms with Crippen LogP contribution in [0.4, 0.5) is 5.82 Å². The zero-order chi connectivity index (χ0) is 45.2. The third-order valence-electron chi connectivity index (χ3n) is 16.6. The van der Waals surface area contributed by atoms with E-state index < -0.39 is 17.1 Å². The van der Waals surface area contributed by atoms with Crippen molar-refractivity contribution >= 4 is 51.3 Å². The van der Waals surface area contributed by atoms with Crippen LogP contribution in [0.2, 0.25) is 0 Å². The predicted octanol–water partition coefficient (Wildman–Crippen LogP) is 8.99. The van der Waals surface area contributed by atoms with Crippen LogP contribution in [0.3, 0.4) is 0 Å². The summed E-state index contributed by atoms with van der Waals surface area (Å²) in [6.45, 7) is 2.63. The monoisotopic (exact) mass is 928 g/mol. The highest BCUT2D eigenvalue weighted by Crippen LogP contribution is 2.63. The highest BCUT2D eigenvalue weighted by atomic mass is 33.1. The van der Waals surface area contributed by atoms with Gasteiger partial charge in [-0.3, -0.25) is 14.6 Å². The molecular weight excluding hydrogens is 857 g/mol. The number of pyridine rings is 1. The Bertz CT molecular complexity index is 2130. The van der Waals surface area contributed by atoms with E-state index in [0.717, 1.165) is 80.2 Å². The molecule has 6 bridgehead atoms. The van der Waals surface area contributed by atoms with Gasteiger partial charge in [0.15, 0.2) is 17.5 Å². The number of hydrogen-bond donors (Lipinski definition) is 5. The van der Waals surface area contributed by atoms with Crippen molar-refractivity contribution in [2.75, 3.05) is 24.6 Å². The summed E-state index contributed by atoms with van der Waals surface area (Å²) in [6.07, 6.45) is 25.7. The molecule has 7 atom stereocenters. The number of fused-ring (bicyclic) bond motifs is 14. The molecule has 8 aliphatic rings. The third-order valence-corrected chi connectivity index (χ3v) is 19.9. The highest BCUT2D eigenvalue weighted by Gasteiger charge is 2.57. The Morgan fingerprint density at radius 1 is 0.985 bits per heavy atom. The summed E-state index contributed by atoms with van der Waals surface area (Å²) in [4.78, 5) is 38.1. The molecule has 354 valence electrons. The van der Waals surface area contributed by atoms with E-state index in [1.54, 1.807) is 6.20 Å². The summed E-state index contributed by atoms with van der Waals surface area (Å²) in [5.74, 6) is 2.65. The Morgan fingerprint density at radius 3 is 2.65 bits per heavy atom. The first-order valence-corrected chi connectivity index (χ1v) is 27.2. The summed E-state index contributed by atoms with van der Waals surface area (Å²) >= 11 is 0. The number of aliphatic imine (C=N–C) groups is 1. The second-order valence-corrected chi connectivity index (χ2v) is 23.7. The number of nitrogens with one attached hydrogen (secondary N) is 1. The van der Waals surface area contributed by atoms with Crippen LogP contribution in [0.15, 0.2) is 35.5 Å². The van der Waals surface area contributed by atoms with Gasteiger partial charge in [-0.05, 0) is 138 Å². The second-order valence-electron chi connectivity index (χ2n) is 21.0. The van der Waals surface area contributed by atoms with Gasteiger partial charge in [-0.1, -0.05) is 59.4 Å². The number of ether oxygens (including phenoxy) is 2. The van der Waals surface area contributed by atoms with Crippen LogP contribution < -0.4 is 21.5 Å². The van der Waals surface area contributed by atoms with Crippen molar-refractivity contribution in [1.82, 2.24) is 15.2 Å². The topological polar surface area (TPSA) is 186 Å². The average Bonchev–Trinajstić information content (AvgIpc) is 4.04. The number of esters is 1. The molecule has 1 saturated heterocycles. The molecule has 1 aromatic carbocycles. The number of aromatic hydroxyl groups is 1. The van der Waals surface area contributed by atoms with Crippen LogP contribution in [0.5, 0.6) is 11.5 Å². The number of nitrogen functional groups attached to an aromatic ring is 1. The maximum absolute atomic E-state index is 14.4. The lowest BCUT2D eigenvalue weighted by Crippen LogP contribution is -2.55. The fourth-order valence-electron chi connectivity index (χ4n) is 13.2. The van der Waals surface area contributed by atoms with E-state index in [9.17, 15) is 19.8 Å². The first-order valence-electron chi connectivity index (χ1n) is 24.8. The molecule has 12 nitrogen and oxygen atoms in total. The van der Waals surface area contributed by atoms with Gasteiger partial charge in [-0.15, -0.1) is 0 Å². The Balaban J connectivity index is 1.05. The van der Waals surface area contributed by atoms with Gasteiger partial charge in [0, 0.05) is 79.2 Å². The largest absolute Gasteiger partial charge is 0.504 e. The van der Waals surface area contributed by atoms with Gasteiger partial charge in [0.25, 0.3) is 0 Å². The van der Waals surface area contributed by atoms with Crippen LogP contribution in [-0.2, 0) is 33.7 Å². The Kier molecular flexibility index (Phi) is 14.0. The standard InChI is InChI=1S/C51H72N6O6S2/c1-34(58)63-50-21-14-36(41(59)30-50)9-3-2-6-26-64-65-51(20-8-19-49(51)17-4-5-18-49)56-47(53)55-25-23-48(29-35-16-24-54-43(52)27-35)31-44(60)57(33-48)32-39-28-38(15-22-50)40-13-12-37-10-7-11-42(37)62-46(40)45(39)61/h12-13,16,24,27-28,36-37,41-42,59,61H,2-11,14-15,17-23,25-26,29-33H2,1H3,(H2,52,54)(H3,53,55,56)/t36-,37-,41-,42-,48+,50-,51+/m1/s1. The van der Waals surface area contributed by atoms with Gasteiger partial charge in [-0.25, -0.2) is 4.98 Å². The number of aromatic nitrogens is 1. The van der Waals surface area contributed by atoms with Gasteiger partial charge < -0.3 is 41.4 Å². The van der Waals surface area contributed by atoms with Crippen molar-refractivity contribution in [2.24, 2.45) is 33.4 Å². The molecule has 4 aliphatic carbocycles. The number of rotatable bonds is 3. The lowest BCUT2D eigenvalue weighted by molar-refractivity contribution is -0.168. The fourth-order valence-corrected chi connectivity index (χ4v) is 16.8. The van der Waals surface area contributed by atoms with Gasteiger partial charge in [-0.2, -0.15) is 0 Å². The van der Waals surface area contributed by atoms with Crippen molar-refractivity contribution in [3.63, 3.8) is 0 Å². The van der Waals surface area contributed by atoms with E-state index >= 15 is 0 Å². The minimum atomic E-state index is -0.801. The van der Waals surface area contributed by atoms with E-state index in [2.05, 4.69) is 22.5 Å². The minimum Gasteiger partial charge on any atom is -0.504 e.